The van der Waals surface area contributed by atoms with Crippen molar-refractivity contribution in [1.82, 2.24) is 0 Å². The molecule has 0 fully saturated rings. The molecule has 62 valence electrons. The Morgan fingerprint density at radius 2 is 2.25 bits per heavy atom. The highest BCUT2D eigenvalue weighted by Crippen LogP contribution is 2.09. The van der Waals surface area contributed by atoms with Gasteiger partial charge in [0.1, 0.15) is 18.2 Å². The Bertz CT molecular complexity index is 294. The van der Waals surface area contributed by atoms with E-state index in [1.807, 2.05) is 0 Å². The molecule has 12 heavy (non-hydrogen) atoms. The summed E-state index contributed by atoms with van der Waals surface area (Å²) in [5.74, 6) is -0.739. The number of rotatable bonds is 3. The van der Waals surface area contributed by atoms with Crippen LogP contribution in [0.25, 0.3) is 0 Å². The number of carbonyl (C=O) groups excluding carboxylic acids is 1. The molecule has 0 amide bonds. The summed E-state index contributed by atoms with van der Waals surface area (Å²) in [6.45, 7) is 4.70. The van der Waals surface area contributed by atoms with Crippen LogP contribution in [-0.2, 0) is 4.79 Å². The van der Waals surface area contributed by atoms with Crippen LogP contribution in [0.4, 0.5) is 4.39 Å². The van der Waals surface area contributed by atoms with Crippen LogP contribution in [0.3, 0.4) is 0 Å². The van der Waals surface area contributed by atoms with E-state index in [2.05, 4.69) is 6.58 Å². The first-order chi connectivity index (χ1) is 5.65. The van der Waals surface area contributed by atoms with Gasteiger partial charge < -0.3 is 0 Å². The van der Waals surface area contributed by atoms with Crippen LogP contribution in [0.1, 0.15) is 6.92 Å². The molecule has 0 saturated carbocycles. The minimum absolute atomic E-state index is 0.170. The summed E-state index contributed by atoms with van der Waals surface area (Å²) in [4.78, 5) is 10.1. The number of nitriles is 1. The third-order valence-corrected chi connectivity index (χ3v) is 1.12. The monoisotopic (exact) mass is 165 g/mol. The van der Waals surface area contributed by atoms with E-state index >= 15 is 0 Å². The molecule has 0 radical (unpaired) electrons. The molecule has 0 aliphatic carbocycles. The number of hydrogen-bond acceptors (Lipinski definition) is 2. The van der Waals surface area contributed by atoms with Crippen LogP contribution in [0.15, 0.2) is 35.7 Å². The Balaban J connectivity index is 4.92. The van der Waals surface area contributed by atoms with Crippen LogP contribution in [0.5, 0.6) is 0 Å². The molecule has 0 aromatic rings. The zero-order valence-electron chi connectivity index (χ0n) is 6.67. The molecule has 0 heterocycles. The van der Waals surface area contributed by atoms with Crippen LogP contribution >= 0.6 is 0 Å². The second-order valence-corrected chi connectivity index (χ2v) is 2.08. The van der Waals surface area contributed by atoms with Crippen molar-refractivity contribution in [2.24, 2.45) is 0 Å². The number of allylic oxidation sites excluding steroid dienone is 5. The van der Waals surface area contributed by atoms with Crippen LogP contribution in [-0.4, -0.2) is 6.29 Å². The molecule has 0 rings (SSSR count). The highest BCUT2D eigenvalue weighted by molar-refractivity contribution is 5.73. The SMILES string of the molecule is C=C/C(C#N)=C(F)\C=C(/C)C=O. The summed E-state index contributed by atoms with van der Waals surface area (Å²) in [5.41, 5.74) is 0.0540. The van der Waals surface area contributed by atoms with E-state index in [9.17, 15) is 9.18 Å². The van der Waals surface area contributed by atoms with Gasteiger partial charge in [-0.05, 0) is 24.6 Å². The van der Waals surface area contributed by atoms with Crippen molar-refractivity contribution in [3.63, 3.8) is 0 Å². The van der Waals surface area contributed by atoms with Crippen molar-refractivity contribution >= 4 is 6.29 Å². The van der Waals surface area contributed by atoms with Crippen molar-refractivity contribution in [3.8, 4) is 6.07 Å². The molecule has 0 atom stereocenters. The van der Waals surface area contributed by atoms with Crippen molar-refractivity contribution in [3.05, 3.63) is 35.7 Å². The molecule has 0 aromatic carbocycles. The van der Waals surface area contributed by atoms with Crippen molar-refractivity contribution in [2.75, 3.05) is 0 Å². The lowest BCUT2D eigenvalue weighted by Gasteiger charge is -1.89. The van der Waals surface area contributed by atoms with Gasteiger partial charge in [-0.3, -0.25) is 4.79 Å². The Morgan fingerprint density at radius 1 is 1.67 bits per heavy atom. The Labute approximate surface area is 70.3 Å². The van der Waals surface area contributed by atoms with E-state index in [1.54, 1.807) is 6.07 Å². The maximum Gasteiger partial charge on any atom is 0.145 e. The summed E-state index contributed by atoms with van der Waals surface area (Å²) in [7, 11) is 0. The Hall–Kier alpha value is -1.69. The highest BCUT2D eigenvalue weighted by atomic mass is 19.1. The van der Waals surface area contributed by atoms with Gasteiger partial charge >= 0.3 is 0 Å². The number of halogens is 1. The molecule has 0 N–H and O–H groups in total. The van der Waals surface area contributed by atoms with Gasteiger partial charge in [0.05, 0.1) is 5.57 Å². The fraction of sp³-hybridized carbons (Fsp3) is 0.111. The summed E-state index contributed by atoms with van der Waals surface area (Å²) in [6, 6.07) is 1.61. The fourth-order valence-electron chi connectivity index (χ4n) is 0.508. The molecular weight excluding hydrogens is 157 g/mol. The maximum absolute atomic E-state index is 12.9. The molecule has 0 spiro atoms. The largest absolute Gasteiger partial charge is 0.298 e. The summed E-state index contributed by atoms with van der Waals surface area (Å²) in [5, 5.41) is 8.35. The van der Waals surface area contributed by atoms with Gasteiger partial charge in [-0.25, -0.2) is 4.39 Å². The topological polar surface area (TPSA) is 40.9 Å². The van der Waals surface area contributed by atoms with Gasteiger partial charge in [0.25, 0.3) is 0 Å². The zero-order valence-corrected chi connectivity index (χ0v) is 6.67. The van der Waals surface area contributed by atoms with E-state index in [1.165, 1.54) is 6.92 Å². The number of aldehydes is 1. The van der Waals surface area contributed by atoms with Crippen LogP contribution in [0, 0.1) is 11.3 Å². The number of nitrogens with zero attached hydrogens (tertiary/aromatic N) is 1. The Kier molecular flexibility index (Phi) is 4.32. The van der Waals surface area contributed by atoms with Gasteiger partial charge in [0.2, 0.25) is 0 Å². The van der Waals surface area contributed by atoms with Crippen molar-refractivity contribution in [2.45, 2.75) is 6.92 Å². The first-order valence-electron chi connectivity index (χ1n) is 3.21. The van der Waals surface area contributed by atoms with Gasteiger partial charge in [-0.2, -0.15) is 5.26 Å². The molecule has 3 heteroatoms. The predicted molar refractivity (Wildman–Crippen MR) is 43.8 cm³/mol. The molecule has 0 unspecified atom stereocenters. The normalized spacial score (nSPS) is 12.9. The van der Waals surface area contributed by atoms with Crippen molar-refractivity contribution in [1.29, 1.82) is 5.26 Å². The van der Waals surface area contributed by atoms with E-state index in [4.69, 9.17) is 5.26 Å². The Morgan fingerprint density at radius 3 is 2.58 bits per heavy atom. The van der Waals surface area contributed by atoms with Gasteiger partial charge in [-0.15, -0.1) is 0 Å². The lowest BCUT2D eigenvalue weighted by molar-refractivity contribution is -0.104. The summed E-state index contributed by atoms with van der Waals surface area (Å²) < 4.78 is 12.9. The van der Waals surface area contributed by atoms with Crippen molar-refractivity contribution < 1.29 is 9.18 Å². The summed E-state index contributed by atoms with van der Waals surface area (Å²) >= 11 is 0. The predicted octanol–water partition coefficient (Wildman–Crippen LogP) is 2.06. The van der Waals surface area contributed by atoms with Gasteiger partial charge in [0.15, 0.2) is 0 Å². The zero-order chi connectivity index (χ0) is 9.56. The highest BCUT2D eigenvalue weighted by Gasteiger charge is 1.98. The molecular formula is C9H8FNO. The standard InChI is InChI=1S/C9H8FNO/c1-3-8(5-11)9(10)4-7(2)6-12/h3-4,6H,1H2,2H3/b7-4+,9-8-. The second kappa shape index (κ2) is 5.03. The number of hydrogen-bond donors (Lipinski definition) is 0. The third kappa shape index (κ3) is 2.93. The molecule has 0 aromatic heterocycles. The van der Waals surface area contributed by atoms with E-state index < -0.39 is 5.83 Å². The maximum atomic E-state index is 12.9. The lowest BCUT2D eigenvalue weighted by atomic mass is 10.2. The average molecular weight is 165 g/mol. The molecule has 2 nitrogen and oxygen atoms in total. The lowest BCUT2D eigenvalue weighted by Crippen LogP contribution is -1.80. The minimum Gasteiger partial charge on any atom is -0.298 e. The molecule has 0 aliphatic rings. The first kappa shape index (κ1) is 10.3. The minimum atomic E-state index is -0.739. The number of carbonyl (C=O) groups is 1. The summed E-state index contributed by atoms with van der Waals surface area (Å²) in [6.07, 6.45) is 2.61. The van der Waals surface area contributed by atoms with Crippen LogP contribution in [0.2, 0.25) is 0 Å². The van der Waals surface area contributed by atoms with E-state index in [-0.39, 0.29) is 11.1 Å². The average Bonchev–Trinajstić information content (AvgIpc) is 2.06. The smallest absolute Gasteiger partial charge is 0.145 e. The first-order valence-corrected chi connectivity index (χ1v) is 3.21. The molecule has 0 aliphatic heterocycles. The van der Waals surface area contributed by atoms with E-state index in [0.29, 0.717) is 6.29 Å². The van der Waals surface area contributed by atoms with Gasteiger partial charge in [0, 0.05) is 0 Å². The fourth-order valence-corrected chi connectivity index (χ4v) is 0.508. The quantitative estimate of drug-likeness (QED) is 0.278. The van der Waals surface area contributed by atoms with Gasteiger partial charge in [-0.1, -0.05) is 6.58 Å². The van der Waals surface area contributed by atoms with Crippen LogP contribution < -0.4 is 0 Å². The molecule has 0 saturated heterocycles. The second-order valence-electron chi connectivity index (χ2n) is 2.08. The third-order valence-electron chi connectivity index (χ3n) is 1.12. The molecule has 0 bridgehead atoms. The van der Waals surface area contributed by atoms with E-state index in [0.717, 1.165) is 12.2 Å².